The predicted molar refractivity (Wildman–Crippen MR) is 94.7 cm³/mol. The van der Waals surface area contributed by atoms with Crippen LogP contribution in [0.15, 0.2) is 34.9 Å². The summed E-state index contributed by atoms with van der Waals surface area (Å²) in [5.74, 6) is 1.13. The van der Waals surface area contributed by atoms with Crippen molar-refractivity contribution in [2.45, 2.75) is 6.92 Å². The van der Waals surface area contributed by atoms with Gasteiger partial charge in [0.15, 0.2) is 6.29 Å². The molecule has 2 aromatic carbocycles. The Morgan fingerprint density at radius 1 is 1.09 bits per heavy atom. The highest BCUT2D eigenvalue weighted by molar-refractivity contribution is 9.10. The lowest BCUT2D eigenvalue weighted by molar-refractivity contribution is 0.112. The van der Waals surface area contributed by atoms with Crippen LogP contribution in [0.1, 0.15) is 15.9 Å². The van der Waals surface area contributed by atoms with Crippen LogP contribution in [0.5, 0.6) is 11.5 Å². The van der Waals surface area contributed by atoms with Crippen LogP contribution < -0.4 is 9.47 Å². The number of benzene rings is 2. The van der Waals surface area contributed by atoms with E-state index in [2.05, 4.69) is 33.0 Å². The van der Waals surface area contributed by atoms with E-state index in [9.17, 15) is 4.79 Å². The molecule has 1 N–H and O–H groups in total. The number of hydrogen-bond acceptors (Lipinski definition) is 3. The molecule has 0 radical (unpaired) electrons. The van der Waals surface area contributed by atoms with E-state index in [1.807, 2.05) is 19.1 Å². The molecule has 0 saturated heterocycles. The molecule has 0 aliphatic heterocycles. The van der Waals surface area contributed by atoms with Crippen LogP contribution >= 0.6 is 15.9 Å². The summed E-state index contributed by atoms with van der Waals surface area (Å²) in [7, 11) is 3.14. The molecule has 0 aliphatic carbocycles. The maximum atomic E-state index is 11.5. The molecule has 4 nitrogen and oxygen atoms in total. The number of carbonyl (C=O) groups excluding carboxylic acids is 1. The summed E-state index contributed by atoms with van der Waals surface area (Å²) in [4.78, 5) is 14.8. The molecule has 1 aromatic heterocycles. The van der Waals surface area contributed by atoms with Gasteiger partial charge in [-0.25, -0.2) is 0 Å². The van der Waals surface area contributed by atoms with Crippen molar-refractivity contribution in [1.82, 2.24) is 4.98 Å². The van der Waals surface area contributed by atoms with Gasteiger partial charge >= 0.3 is 0 Å². The van der Waals surface area contributed by atoms with E-state index in [4.69, 9.17) is 9.47 Å². The number of ether oxygens (including phenoxy) is 2. The Bertz CT molecular complexity index is 882. The molecule has 3 aromatic rings. The number of hydrogen-bond donors (Lipinski definition) is 1. The second kappa shape index (κ2) is 6.08. The first kappa shape index (κ1) is 15.6. The molecule has 1 heterocycles. The van der Waals surface area contributed by atoms with Crippen LogP contribution in [0.3, 0.4) is 0 Å². The van der Waals surface area contributed by atoms with Gasteiger partial charge < -0.3 is 14.5 Å². The van der Waals surface area contributed by atoms with E-state index in [1.165, 1.54) is 12.7 Å². The first-order chi connectivity index (χ1) is 11.1. The molecule has 0 bridgehead atoms. The standard InChI is InChI=1S/C18H16BrNO3/c1-10-4-6-11(7-5-10)15-16-14(23-3)8-13(22-2)12(9-21)17(16)20-18(15)19/h4-9,20H,1-3H3. The highest BCUT2D eigenvalue weighted by Crippen LogP contribution is 2.44. The first-order valence-electron chi connectivity index (χ1n) is 7.09. The molecule has 0 atom stereocenters. The smallest absolute Gasteiger partial charge is 0.155 e. The summed E-state index contributed by atoms with van der Waals surface area (Å²) in [5, 5.41) is 0.853. The molecule has 0 saturated carbocycles. The van der Waals surface area contributed by atoms with Crippen molar-refractivity contribution in [2.75, 3.05) is 14.2 Å². The average Bonchev–Trinajstić information content (AvgIpc) is 2.91. The zero-order valence-electron chi connectivity index (χ0n) is 13.1. The van der Waals surface area contributed by atoms with E-state index in [0.29, 0.717) is 22.6 Å². The number of halogens is 1. The van der Waals surface area contributed by atoms with Gasteiger partial charge in [-0.15, -0.1) is 0 Å². The number of H-pyrrole nitrogens is 1. The van der Waals surface area contributed by atoms with Crippen LogP contribution in [-0.4, -0.2) is 25.5 Å². The highest BCUT2D eigenvalue weighted by atomic mass is 79.9. The van der Waals surface area contributed by atoms with Crippen molar-refractivity contribution in [3.63, 3.8) is 0 Å². The van der Waals surface area contributed by atoms with E-state index >= 15 is 0 Å². The zero-order chi connectivity index (χ0) is 16.6. The van der Waals surface area contributed by atoms with Crippen molar-refractivity contribution < 1.29 is 14.3 Å². The summed E-state index contributed by atoms with van der Waals surface area (Å²) >= 11 is 3.57. The van der Waals surface area contributed by atoms with Gasteiger partial charge in [0.2, 0.25) is 0 Å². The van der Waals surface area contributed by atoms with Gasteiger partial charge in [-0.2, -0.15) is 0 Å². The number of aryl methyl sites for hydroxylation is 1. The fourth-order valence-electron chi connectivity index (χ4n) is 2.75. The predicted octanol–water partition coefficient (Wildman–Crippen LogP) is 4.74. The number of aldehydes is 1. The number of fused-ring (bicyclic) bond motifs is 1. The molecule has 0 spiro atoms. The normalized spacial score (nSPS) is 10.8. The molecule has 23 heavy (non-hydrogen) atoms. The van der Waals surface area contributed by atoms with E-state index in [0.717, 1.165) is 27.4 Å². The summed E-state index contributed by atoms with van der Waals surface area (Å²) in [6, 6.07) is 9.94. The molecular formula is C18H16BrNO3. The van der Waals surface area contributed by atoms with Gasteiger partial charge in [0.05, 0.1) is 35.3 Å². The van der Waals surface area contributed by atoms with Gasteiger partial charge in [0, 0.05) is 11.6 Å². The Morgan fingerprint density at radius 3 is 2.30 bits per heavy atom. The molecule has 0 fully saturated rings. The van der Waals surface area contributed by atoms with Crippen molar-refractivity contribution in [1.29, 1.82) is 0 Å². The molecule has 3 rings (SSSR count). The fourth-order valence-corrected chi connectivity index (χ4v) is 3.37. The minimum atomic E-state index is 0.474. The van der Waals surface area contributed by atoms with Crippen LogP contribution in [-0.2, 0) is 0 Å². The van der Waals surface area contributed by atoms with Crippen molar-refractivity contribution in [2.24, 2.45) is 0 Å². The van der Waals surface area contributed by atoms with E-state index in [1.54, 1.807) is 13.2 Å². The maximum Gasteiger partial charge on any atom is 0.155 e. The van der Waals surface area contributed by atoms with Gasteiger partial charge in [-0.1, -0.05) is 29.8 Å². The molecule has 0 amide bonds. The number of methoxy groups -OCH3 is 2. The SMILES string of the molecule is COc1cc(OC)c2c(-c3ccc(C)cc3)c(Br)[nH]c2c1C=O. The summed E-state index contributed by atoms with van der Waals surface area (Å²) in [5.41, 5.74) is 4.35. The van der Waals surface area contributed by atoms with Crippen LogP contribution in [0.4, 0.5) is 0 Å². The highest BCUT2D eigenvalue weighted by Gasteiger charge is 2.21. The average molecular weight is 374 g/mol. The van der Waals surface area contributed by atoms with Crippen LogP contribution in [0.2, 0.25) is 0 Å². The first-order valence-corrected chi connectivity index (χ1v) is 7.88. The lowest BCUT2D eigenvalue weighted by atomic mass is 10.0. The van der Waals surface area contributed by atoms with Crippen molar-refractivity contribution in [3.05, 3.63) is 46.1 Å². The minimum Gasteiger partial charge on any atom is -0.496 e. The number of nitrogens with one attached hydrogen (secondary N) is 1. The Balaban J connectivity index is 2.41. The number of aromatic nitrogens is 1. The van der Waals surface area contributed by atoms with Crippen LogP contribution in [0.25, 0.3) is 22.0 Å². The Hall–Kier alpha value is -2.27. The largest absolute Gasteiger partial charge is 0.496 e. The minimum absolute atomic E-state index is 0.474. The fraction of sp³-hybridized carbons (Fsp3) is 0.167. The third-order valence-corrected chi connectivity index (χ3v) is 4.49. The van der Waals surface area contributed by atoms with Gasteiger partial charge in [0.25, 0.3) is 0 Å². The summed E-state index contributed by atoms with van der Waals surface area (Å²) < 4.78 is 11.6. The topological polar surface area (TPSA) is 51.3 Å². The number of rotatable bonds is 4. The molecule has 0 aliphatic rings. The van der Waals surface area contributed by atoms with Gasteiger partial charge in [-0.05, 0) is 28.4 Å². The van der Waals surface area contributed by atoms with Crippen LogP contribution in [0, 0.1) is 6.92 Å². The van der Waals surface area contributed by atoms with Gasteiger partial charge in [-0.3, -0.25) is 4.79 Å². The van der Waals surface area contributed by atoms with Crippen molar-refractivity contribution >= 4 is 33.1 Å². The monoisotopic (exact) mass is 373 g/mol. The van der Waals surface area contributed by atoms with E-state index < -0.39 is 0 Å². The zero-order valence-corrected chi connectivity index (χ0v) is 14.7. The third-order valence-electron chi connectivity index (χ3n) is 3.90. The van der Waals surface area contributed by atoms with Gasteiger partial charge in [0.1, 0.15) is 11.5 Å². The Labute approximate surface area is 142 Å². The Kier molecular flexibility index (Phi) is 4.13. The second-order valence-corrected chi connectivity index (χ2v) is 6.04. The lowest BCUT2D eigenvalue weighted by Crippen LogP contribution is -1.95. The van der Waals surface area contributed by atoms with E-state index in [-0.39, 0.29) is 0 Å². The third kappa shape index (κ3) is 2.51. The second-order valence-electron chi connectivity index (χ2n) is 5.24. The van der Waals surface area contributed by atoms with Crippen molar-refractivity contribution in [3.8, 4) is 22.6 Å². The molecular weight excluding hydrogens is 358 g/mol. The summed E-state index contributed by atoms with van der Waals surface area (Å²) in [6.07, 6.45) is 0.794. The maximum absolute atomic E-state index is 11.5. The molecule has 0 unspecified atom stereocenters. The quantitative estimate of drug-likeness (QED) is 0.672. The molecule has 118 valence electrons. The Morgan fingerprint density at radius 2 is 1.74 bits per heavy atom. The number of carbonyl (C=O) groups is 1. The lowest BCUT2D eigenvalue weighted by Gasteiger charge is -2.10. The number of aromatic amines is 1. The summed E-state index contributed by atoms with van der Waals surface area (Å²) in [6.45, 7) is 2.05. The molecule has 5 heteroatoms.